The van der Waals surface area contributed by atoms with Crippen LogP contribution in [0.4, 0.5) is 5.69 Å². The number of ether oxygens (including phenoxy) is 2. The molecule has 0 aromatic heterocycles. The lowest BCUT2D eigenvalue weighted by Gasteiger charge is -2.14. The molecule has 0 atom stereocenters. The first-order valence-electron chi connectivity index (χ1n) is 8.72. The van der Waals surface area contributed by atoms with E-state index in [0.29, 0.717) is 23.7 Å². The van der Waals surface area contributed by atoms with E-state index in [2.05, 4.69) is 5.32 Å². The summed E-state index contributed by atoms with van der Waals surface area (Å²) in [6, 6.07) is 23.3. The fourth-order valence-electron chi connectivity index (χ4n) is 3.13. The summed E-state index contributed by atoms with van der Waals surface area (Å²) >= 11 is 0. The predicted octanol–water partition coefficient (Wildman–Crippen LogP) is 4.77. The minimum absolute atomic E-state index is 0.118. The molecule has 0 bridgehead atoms. The first-order valence-corrected chi connectivity index (χ1v) is 8.72. The monoisotopic (exact) mass is 357 g/mol. The third-order valence-electron chi connectivity index (χ3n) is 4.47. The lowest BCUT2D eigenvalue weighted by Crippen LogP contribution is -2.04. The van der Waals surface area contributed by atoms with Crippen LogP contribution in [-0.4, -0.2) is 13.0 Å². The van der Waals surface area contributed by atoms with Crippen molar-refractivity contribution in [1.29, 1.82) is 0 Å². The quantitative estimate of drug-likeness (QED) is 0.669. The van der Waals surface area contributed by atoms with Crippen molar-refractivity contribution in [3.8, 4) is 11.5 Å². The van der Waals surface area contributed by atoms with E-state index in [1.165, 1.54) is 0 Å². The van der Waals surface area contributed by atoms with E-state index in [-0.39, 0.29) is 5.91 Å². The Bertz CT molecular complexity index is 1010. The summed E-state index contributed by atoms with van der Waals surface area (Å²) in [4.78, 5) is 12.4. The Hall–Kier alpha value is -3.53. The number of rotatable bonds is 5. The lowest BCUT2D eigenvalue weighted by molar-refractivity contribution is -0.110. The third kappa shape index (κ3) is 3.42. The standard InChI is InChI=1S/C23H19NO3/c1-26-21-13-7-10-17(22(21)27-15-16-8-3-2-4-9-16)14-19-18-11-5-6-12-20(18)24-23(19)25/h2-14H,15H2,1H3,(H,24,25)/b19-14-. The molecule has 1 N–H and O–H groups in total. The fourth-order valence-corrected chi connectivity index (χ4v) is 3.13. The minimum atomic E-state index is -0.118. The lowest BCUT2D eigenvalue weighted by atomic mass is 10.0. The molecular weight excluding hydrogens is 338 g/mol. The predicted molar refractivity (Wildman–Crippen MR) is 107 cm³/mol. The van der Waals surface area contributed by atoms with Crippen LogP contribution in [0.5, 0.6) is 11.5 Å². The zero-order chi connectivity index (χ0) is 18.6. The number of amides is 1. The fraction of sp³-hybridized carbons (Fsp3) is 0.0870. The molecule has 3 aromatic carbocycles. The maximum absolute atomic E-state index is 12.4. The highest BCUT2D eigenvalue weighted by Gasteiger charge is 2.24. The number of hydrogen-bond donors (Lipinski definition) is 1. The van der Waals surface area contributed by atoms with Crippen LogP contribution in [0, 0.1) is 0 Å². The molecule has 0 saturated carbocycles. The second-order valence-electron chi connectivity index (χ2n) is 6.21. The zero-order valence-corrected chi connectivity index (χ0v) is 14.9. The molecule has 3 aromatic rings. The van der Waals surface area contributed by atoms with E-state index in [4.69, 9.17) is 9.47 Å². The van der Waals surface area contributed by atoms with Crippen molar-refractivity contribution in [2.24, 2.45) is 0 Å². The topological polar surface area (TPSA) is 47.6 Å². The average molecular weight is 357 g/mol. The number of fused-ring (bicyclic) bond motifs is 1. The van der Waals surface area contributed by atoms with Gasteiger partial charge in [-0.25, -0.2) is 0 Å². The molecule has 0 spiro atoms. The molecule has 4 nitrogen and oxygen atoms in total. The van der Waals surface area contributed by atoms with Gasteiger partial charge in [0.25, 0.3) is 5.91 Å². The van der Waals surface area contributed by atoms with E-state index in [1.54, 1.807) is 7.11 Å². The van der Waals surface area contributed by atoms with Crippen LogP contribution in [-0.2, 0) is 11.4 Å². The third-order valence-corrected chi connectivity index (χ3v) is 4.47. The highest BCUT2D eigenvalue weighted by atomic mass is 16.5. The van der Waals surface area contributed by atoms with E-state index < -0.39 is 0 Å². The smallest absolute Gasteiger partial charge is 0.256 e. The maximum atomic E-state index is 12.4. The van der Waals surface area contributed by atoms with Crippen LogP contribution in [0.3, 0.4) is 0 Å². The van der Waals surface area contributed by atoms with Gasteiger partial charge in [0.1, 0.15) is 6.61 Å². The van der Waals surface area contributed by atoms with Crippen LogP contribution >= 0.6 is 0 Å². The number of carbonyl (C=O) groups is 1. The van der Waals surface area contributed by atoms with Crippen molar-refractivity contribution in [2.75, 3.05) is 12.4 Å². The number of carbonyl (C=O) groups excluding carboxylic acids is 1. The van der Waals surface area contributed by atoms with Crippen LogP contribution in [0.25, 0.3) is 11.6 Å². The largest absolute Gasteiger partial charge is 0.493 e. The van der Waals surface area contributed by atoms with Gasteiger partial charge in [-0.3, -0.25) is 4.79 Å². The van der Waals surface area contributed by atoms with Gasteiger partial charge in [0, 0.05) is 22.4 Å². The SMILES string of the molecule is COc1cccc(/C=C2\C(=O)Nc3ccccc32)c1OCc1ccccc1. The van der Waals surface area contributed by atoms with Crippen molar-refractivity contribution < 1.29 is 14.3 Å². The van der Waals surface area contributed by atoms with Crippen LogP contribution in [0.2, 0.25) is 0 Å². The summed E-state index contributed by atoms with van der Waals surface area (Å²) in [6.45, 7) is 0.417. The summed E-state index contributed by atoms with van der Waals surface area (Å²) in [5, 5.41) is 2.89. The van der Waals surface area contributed by atoms with E-state index in [9.17, 15) is 4.79 Å². The summed E-state index contributed by atoms with van der Waals surface area (Å²) in [5.74, 6) is 1.13. The highest BCUT2D eigenvalue weighted by molar-refractivity contribution is 6.35. The Kier molecular flexibility index (Phi) is 4.62. The van der Waals surface area contributed by atoms with Crippen LogP contribution in [0.15, 0.2) is 72.8 Å². The second-order valence-corrected chi connectivity index (χ2v) is 6.21. The molecule has 0 aliphatic carbocycles. The molecule has 134 valence electrons. The van der Waals surface area contributed by atoms with Crippen molar-refractivity contribution in [3.63, 3.8) is 0 Å². The molecule has 0 unspecified atom stereocenters. The van der Waals surface area contributed by atoms with Gasteiger partial charge >= 0.3 is 0 Å². The molecule has 0 radical (unpaired) electrons. The van der Waals surface area contributed by atoms with Gasteiger partial charge in [0.2, 0.25) is 0 Å². The molecule has 1 aliphatic heterocycles. The molecule has 0 saturated heterocycles. The molecule has 27 heavy (non-hydrogen) atoms. The Morgan fingerprint density at radius 2 is 1.70 bits per heavy atom. The van der Waals surface area contributed by atoms with Gasteiger partial charge in [0.05, 0.1) is 7.11 Å². The molecule has 0 fully saturated rings. The van der Waals surface area contributed by atoms with Crippen molar-refractivity contribution in [2.45, 2.75) is 6.61 Å². The van der Waals surface area contributed by atoms with Gasteiger partial charge in [-0.2, -0.15) is 0 Å². The van der Waals surface area contributed by atoms with Crippen molar-refractivity contribution in [1.82, 2.24) is 0 Å². The summed E-state index contributed by atoms with van der Waals surface area (Å²) < 4.78 is 11.6. The van der Waals surface area contributed by atoms with Gasteiger partial charge in [-0.05, 0) is 23.8 Å². The molecule has 4 heteroatoms. The summed E-state index contributed by atoms with van der Waals surface area (Å²) in [6.07, 6.45) is 1.85. The first kappa shape index (κ1) is 16.9. The van der Waals surface area contributed by atoms with Crippen molar-refractivity contribution in [3.05, 3.63) is 89.5 Å². The van der Waals surface area contributed by atoms with Crippen LogP contribution < -0.4 is 14.8 Å². The van der Waals surface area contributed by atoms with E-state index >= 15 is 0 Å². The average Bonchev–Trinajstić information content (AvgIpc) is 3.03. The highest BCUT2D eigenvalue weighted by Crippen LogP contribution is 2.37. The van der Waals surface area contributed by atoms with E-state index in [1.807, 2.05) is 78.9 Å². The second kappa shape index (κ2) is 7.38. The van der Waals surface area contributed by atoms with Gasteiger partial charge in [0.15, 0.2) is 11.5 Å². The number of anilines is 1. The summed E-state index contributed by atoms with van der Waals surface area (Å²) in [5.41, 5.74) is 4.18. The van der Waals surface area contributed by atoms with Crippen molar-refractivity contribution >= 4 is 23.2 Å². The Labute approximate surface area is 158 Å². The molecular formula is C23H19NO3. The summed E-state index contributed by atoms with van der Waals surface area (Å²) in [7, 11) is 1.61. The van der Waals surface area contributed by atoms with E-state index in [0.717, 1.165) is 22.4 Å². The van der Waals surface area contributed by atoms with Gasteiger partial charge in [-0.15, -0.1) is 0 Å². The molecule has 4 rings (SSSR count). The molecule has 1 amide bonds. The number of benzene rings is 3. The molecule has 1 heterocycles. The number of hydrogen-bond acceptors (Lipinski definition) is 3. The van der Waals surface area contributed by atoms with Gasteiger partial charge < -0.3 is 14.8 Å². The normalized spacial score (nSPS) is 14.0. The Balaban J connectivity index is 1.72. The van der Waals surface area contributed by atoms with Gasteiger partial charge in [-0.1, -0.05) is 60.7 Å². The molecule has 1 aliphatic rings. The first-order chi connectivity index (χ1) is 13.3. The van der Waals surface area contributed by atoms with Crippen LogP contribution in [0.1, 0.15) is 16.7 Å². The zero-order valence-electron chi connectivity index (χ0n) is 14.9. The number of nitrogens with one attached hydrogen (secondary N) is 1. The maximum Gasteiger partial charge on any atom is 0.256 e. The minimum Gasteiger partial charge on any atom is -0.493 e. The number of methoxy groups -OCH3 is 1. The Morgan fingerprint density at radius 1 is 0.926 bits per heavy atom. The number of para-hydroxylation sites is 2. The Morgan fingerprint density at radius 3 is 2.52 bits per heavy atom.